The summed E-state index contributed by atoms with van der Waals surface area (Å²) in [5.74, 6) is 1.16. The van der Waals surface area contributed by atoms with Crippen LogP contribution in [0.1, 0.15) is 43.1 Å². The van der Waals surface area contributed by atoms with Crippen LogP contribution in [0.3, 0.4) is 0 Å². The van der Waals surface area contributed by atoms with Gasteiger partial charge in [-0.15, -0.1) is 10.2 Å². The fraction of sp³-hybridized carbons (Fsp3) is 0.667. The molecule has 6 heteroatoms. The zero-order valence-corrected chi connectivity index (χ0v) is 12.5. The van der Waals surface area contributed by atoms with Crippen molar-refractivity contribution in [3.63, 3.8) is 0 Å². The molecule has 1 saturated carbocycles. The Morgan fingerprint density at radius 2 is 2.10 bits per heavy atom. The highest BCUT2D eigenvalue weighted by Gasteiger charge is 2.41. The molecule has 6 nitrogen and oxygen atoms in total. The fourth-order valence-corrected chi connectivity index (χ4v) is 2.92. The molecule has 3 rings (SSSR count). The van der Waals surface area contributed by atoms with E-state index in [-0.39, 0.29) is 11.4 Å². The number of hydrogen-bond acceptors (Lipinski definition) is 5. The molecule has 21 heavy (non-hydrogen) atoms. The monoisotopic (exact) mass is 289 g/mol. The first-order valence-electron chi connectivity index (χ1n) is 7.74. The van der Waals surface area contributed by atoms with Gasteiger partial charge in [-0.05, 0) is 50.7 Å². The predicted molar refractivity (Wildman–Crippen MR) is 81.1 cm³/mol. The molecule has 1 aromatic heterocycles. The first-order valence-corrected chi connectivity index (χ1v) is 7.74. The molecular weight excluding hydrogens is 266 g/mol. The number of nitrogens with one attached hydrogen (secondary N) is 1. The molecule has 1 atom stereocenters. The Hall–Kier alpha value is -1.69. The van der Waals surface area contributed by atoms with Gasteiger partial charge in [0.1, 0.15) is 0 Å². The van der Waals surface area contributed by atoms with Gasteiger partial charge in [0.2, 0.25) is 0 Å². The Morgan fingerprint density at radius 3 is 2.62 bits per heavy atom. The zero-order chi connectivity index (χ0) is 14.9. The normalized spacial score (nSPS) is 21.1. The molecule has 1 amide bonds. The van der Waals surface area contributed by atoms with Crippen molar-refractivity contribution in [1.82, 2.24) is 15.5 Å². The standard InChI is InChI=1S/C15H23N5O/c1-15(10-16,11-4-5-11)17-14(21)12-6-7-13(19-18-12)20-8-2-3-9-20/h6-7,11H,2-5,8-10,16H2,1H3,(H,17,21). The Bertz CT molecular complexity index is 507. The van der Waals surface area contributed by atoms with E-state index in [4.69, 9.17) is 5.73 Å². The Balaban J connectivity index is 1.67. The number of amides is 1. The SMILES string of the molecule is CC(CN)(NC(=O)c1ccc(N2CCCC2)nn1)C1CC1. The maximum Gasteiger partial charge on any atom is 0.272 e. The maximum absolute atomic E-state index is 12.3. The van der Waals surface area contributed by atoms with Crippen LogP contribution < -0.4 is 16.0 Å². The third-order valence-electron chi connectivity index (χ3n) is 4.61. The van der Waals surface area contributed by atoms with E-state index >= 15 is 0 Å². The van der Waals surface area contributed by atoms with Crippen molar-refractivity contribution < 1.29 is 4.79 Å². The van der Waals surface area contributed by atoms with Crippen LogP contribution in [0.4, 0.5) is 5.82 Å². The highest BCUT2D eigenvalue weighted by molar-refractivity contribution is 5.92. The summed E-state index contributed by atoms with van der Waals surface area (Å²) in [5, 5.41) is 11.3. The minimum absolute atomic E-state index is 0.185. The lowest BCUT2D eigenvalue weighted by Crippen LogP contribution is -2.53. The van der Waals surface area contributed by atoms with Gasteiger partial charge >= 0.3 is 0 Å². The average molecular weight is 289 g/mol. The van der Waals surface area contributed by atoms with Gasteiger partial charge < -0.3 is 16.0 Å². The van der Waals surface area contributed by atoms with Crippen LogP contribution in [0.25, 0.3) is 0 Å². The number of rotatable bonds is 5. The van der Waals surface area contributed by atoms with E-state index in [9.17, 15) is 4.79 Å². The third kappa shape index (κ3) is 3.00. The summed E-state index contributed by atoms with van der Waals surface area (Å²) in [6.45, 7) is 4.50. The molecule has 114 valence electrons. The van der Waals surface area contributed by atoms with Gasteiger partial charge in [0.25, 0.3) is 5.91 Å². The molecule has 1 aliphatic carbocycles. The lowest BCUT2D eigenvalue weighted by Gasteiger charge is -2.29. The van der Waals surface area contributed by atoms with Gasteiger partial charge in [0, 0.05) is 19.6 Å². The molecular formula is C15H23N5O. The van der Waals surface area contributed by atoms with Crippen LogP contribution in [-0.2, 0) is 0 Å². The summed E-state index contributed by atoms with van der Waals surface area (Å²) in [4.78, 5) is 14.5. The highest BCUT2D eigenvalue weighted by atomic mass is 16.2. The fourth-order valence-electron chi connectivity index (χ4n) is 2.92. The number of nitrogens with zero attached hydrogens (tertiary/aromatic N) is 3. The van der Waals surface area contributed by atoms with E-state index in [0.717, 1.165) is 31.7 Å². The largest absolute Gasteiger partial charge is 0.355 e. The number of carbonyl (C=O) groups excluding carboxylic acids is 1. The van der Waals surface area contributed by atoms with Gasteiger partial charge in [-0.3, -0.25) is 4.79 Å². The zero-order valence-electron chi connectivity index (χ0n) is 12.5. The van der Waals surface area contributed by atoms with Gasteiger partial charge in [-0.25, -0.2) is 0 Å². The molecule has 0 radical (unpaired) electrons. The second-order valence-electron chi connectivity index (χ2n) is 6.32. The molecule has 3 N–H and O–H groups in total. The number of anilines is 1. The molecule has 2 fully saturated rings. The molecule has 0 bridgehead atoms. The number of aromatic nitrogens is 2. The predicted octanol–water partition coefficient (Wildman–Crippen LogP) is 0.934. The molecule has 1 unspecified atom stereocenters. The van der Waals surface area contributed by atoms with Crippen molar-refractivity contribution in [2.45, 2.75) is 38.1 Å². The second kappa shape index (κ2) is 5.60. The Labute approximate surface area is 125 Å². The van der Waals surface area contributed by atoms with Crippen molar-refractivity contribution in [1.29, 1.82) is 0 Å². The smallest absolute Gasteiger partial charge is 0.272 e. The number of carbonyl (C=O) groups is 1. The summed E-state index contributed by atoms with van der Waals surface area (Å²) < 4.78 is 0. The van der Waals surface area contributed by atoms with Crippen LogP contribution >= 0.6 is 0 Å². The molecule has 1 aromatic rings. The molecule has 2 heterocycles. The topological polar surface area (TPSA) is 84.1 Å². The van der Waals surface area contributed by atoms with Crippen molar-refractivity contribution in [3.8, 4) is 0 Å². The van der Waals surface area contributed by atoms with E-state index in [1.54, 1.807) is 6.07 Å². The summed E-state index contributed by atoms with van der Waals surface area (Å²) >= 11 is 0. The molecule has 0 aromatic carbocycles. The van der Waals surface area contributed by atoms with Crippen LogP contribution in [0.15, 0.2) is 12.1 Å². The average Bonchev–Trinajstić information content (AvgIpc) is 3.23. The van der Waals surface area contributed by atoms with E-state index in [2.05, 4.69) is 20.4 Å². The van der Waals surface area contributed by atoms with Crippen LogP contribution in [0.5, 0.6) is 0 Å². The van der Waals surface area contributed by atoms with Crippen LogP contribution in [-0.4, -0.2) is 41.3 Å². The summed E-state index contributed by atoms with van der Waals surface area (Å²) in [6.07, 6.45) is 4.65. The molecule has 0 spiro atoms. The van der Waals surface area contributed by atoms with Crippen molar-refractivity contribution in [2.24, 2.45) is 11.7 Å². The maximum atomic E-state index is 12.3. The Morgan fingerprint density at radius 1 is 1.38 bits per heavy atom. The quantitative estimate of drug-likeness (QED) is 0.842. The summed E-state index contributed by atoms with van der Waals surface area (Å²) in [5.41, 5.74) is 5.86. The Kier molecular flexibility index (Phi) is 3.80. The molecule has 1 aliphatic heterocycles. The first kappa shape index (κ1) is 14.3. The van der Waals surface area contributed by atoms with Crippen molar-refractivity contribution >= 4 is 11.7 Å². The van der Waals surface area contributed by atoms with Gasteiger partial charge in [0.15, 0.2) is 11.5 Å². The highest BCUT2D eigenvalue weighted by Crippen LogP contribution is 2.39. The minimum Gasteiger partial charge on any atom is -0.355 e. The van der Waals surface area contributed by atoms with Gasteiger partial charge in [-0.2, -0.15) is 0 Å². The minimum atomic E-state index is -0.327. The third-order valence-corrected chi connectivity index (χ3v) is 4.61. The van der Waals surface area contributed by atoms with E-state index in [1.807, 2.05) is 13.0 Å². The first-order chi connectivity index (χ1) is 10.1. The van der Waals surface area contributed by atoms with Crippen LogP contribution in [0, 0.1) is 5.92 Å². The van der Waals surface area contributed by atoms with E-state index in [1.165, 1.54) is 12.8 Å². The lowest BCUT2D eigenvalue weighted by atomic mass is 9.96. The van der Waals surface area contributed by atoms with E-state index in [0.29, 0.717) is 18.2 Å². The van der Waals surface area contributed by atoms with Crippen molar-refractivity contribution in [2.75, 3.05) is 24.5 Å². The molecule has 1 saturated heterocycles. The summed E-state index contributed by atoms with van der Waals surface area (Å²) in [7, 11) is 0. The van der Waals surface area contributed by atoms with E-state index < -0.39 is 0 Å². The van der Waals surface area contributed by atoms with Gasteiger partial charge in [-0.1, -0.05) is 0 Å². The van der Waals surface area contributed by atoms with Crippen LogP contribution in [0.2, 0.25) is 0 Å². The second-order valence-corrected chi connectivity index (χ2v) is 6.32. The lowest BCUT2D eigenvalue weighted by molar-refractivity contribution is 0.0891. The van der Waals surface area contributed by atoms with Crippen molar-refractivity contribution in [3.05, 3.63) is 17.8 Å². The number of hydrogen-bond donors (Lipinski definition) is 2. The molecule has 2 aliphatic rings. The summed E-state index contributed by atoms with van der Waals surface area (Å²) in [6, 6.07) is 3.63. The van der Waals surface area contributed by atoms with Gasteiger partial charge in [0.05, 0.1) is 5.54 Å². The number of nitrogens with two attached hydrogens (primary N) is 1.